The monoisotopic (exact) mass is 291 g/mol. The summed E-state index contributed by atoms with van der Waals surface area (Å²) in [5.74, 6) is 0. The van der Waals surface area contributed by atoms with E-state index in [0.29, 0.717) is 0 Å². The summed E-state index contributed by atoms with van der Waals surface area (Å²) in [6, 6.07) is 7.17. The number of fused-ring (bicyclic) bond motifs is 1. The van der Waals surface area contributed by atoms with Crippen molar-refractivity contribution in [3.05, 3.63) is 28.7 Å². The third kappa shape index (κ3) is 1.83. The summed E-state index contributed by atoms with van der Waals surface area (Å²) < 4.78 is 24.2. The van der Waals surface area contributed by atoms with Gasteiger partial charge < -0.3 is 0 Å². The Morgan fingerprint density at radius 1 is 1.29 bits per heavy atom. The van der Waals surface area contributed by atoms with E-state index in [-0.39, 0.29) is 4.21 Å². The minimum Gasteiger partial charge on any atom is -0.224 e. The SMILES string of the molecule is NS(=O)(=O)c1cc2cc(Br)ccc2s1. The molecule has 2 rings (SSSR count). The largest absolute Gasteiger partial charge is 0.247 e. The smallest absolute Gasteiger partial charge is 0.224 e. The Balaban J connectivity index is 2.75. The van der Waals surface area contributed by atoms with E-state index in [0.717, 1.165) is 14.6 Å². The Morgan fingerprint density at radius 3 is 2.64 bits per heavy atom. The summed E-state index contributed by atoms with van der Waals surface area (Å²) in [7, 11) is -3.57. The molecule has 0 unspecified atom stereocenters. The molecule has 1 heterocycles. The molecule has 14 heavy (non-hydrogen) atoms. The molecule has 2 N–H and O–H groups in total. The number of sulfonamides is 1. The Morgan fingerprint density at radius 2 is 2.00 bits per heavy atom. The van der Waals surface area contributed by atoms with Gasteiger partial charge >= 0.3 is 0 Å². The van der Waals surface area contributed by atoms with Gasteiger partial charge in [0, 0.05) is 9.17 Å². The molecule has 0 fully saturated rings. The first kappa shape index (κ1) is 10.1. The fraction of sp³-hybridized carbons (Fsp3) is 0. The maximum Gasteiger partial charge on any atom is 0.247 e. The van der Waals surface area contributed by atoms with Crippen molar-refractivity contribution < 1.29 is 8.42 Å². The fourth-order valence-corrected chi connectivity index (χ4v) is 3.31. The minimum atomic E-state index is -3.57. The van der Waals surface area contributed by atoms with Crippen LogP contribution in [0.3, 0.4) is 0 Å². The molecule has 0 saturated heterocycles. The maximum atomic E-state index is 11.1. The molecule has 1 aromatic carbocycles. The first-order chi connectivity index (χ1) is 6.47. The molecule has 3 nitrogen and oxygen atoms in total. The molecule has 0 aliphatic rings. The van der Waals surface area contributed by atoms with Crippen LogP contribution in [0.2, 0.25) is 0 Å². The molecular formula is C8H6BrNO2S2. The third-order valence-electron chi connectivity index (χ3n) is 1.74. The van der Waals surface area contributed by atoms with Crippen molar-refractivity contribution in [3.8, 4) is 0 Å². The number of primary sulfonamides is 1. The lowest BCUT2D eigenvalue weighted by Crippen LogP contribution is -2.09. The summed E-state index contributed by atoms with van der Waals surface area (Å²) in [4.78, 5) is 0. The molecule has 0 radical (unpaired) electrons. The summed E-state index contributed by atoms with van der Waals surface area (Å²) in [6.07, 6.45) is 0. The van der Waals surface area contributed by atoms with Gasteiger partial charge in [0.2, 0.25) is 10.0 Å². The van der Waals surface area contributed by atoms with E-state index in [4.69, 9.17) is 5.14 Å². The highest BCUT2D eigenvalue weighted by atomic mass is 79.9. The molecular weight excluding hydrogens is 286 g/mol. The van der Waals surface area contributed by atoms with Crippen LogP contribution < -0.4 is 5.14 Å². The van der Waals surface area contributed by atoms with Crippen molar-refractivity contribution in [2.75, 3.05) is 0 Å². The zero-order valence-electron chi connectivity index (χ0n) is 6.90. The first-order valence-electron chi connectivity index (χ1n) is 3.69. The Bertz CT molecular complexity index is 588. The van der Waals surface area contributed by atoms with Crippen LogP contribution in [0.1, 0.15) is 0 Å². The topological polar surface area (TPSA) is 60.2 Å². The van der Waals surface area contributed by atoms with Crippen LogP contribution in [0.25, 0.3) is 10.1 Å². The van der Waals surface area contributed by atoms with Gasteiger partial charge in [0.25, 0.3) is 0 Å². The van der Waals surface area contributed by atoms with Gasteiger partial charge in [-0.2, -0.15) is 0 Å². The van der Waals surface area contributed by atoms with Gasteiger partial charge in [-0.05, 0) is 29.7 Å². The number of halogens is 1. The molecule has 0 spiro atoms. The number of hydrogen-bond donors (Lipinski definition) is 1. The van der Waals surface area contributed by atoms with E-state index in [9.17, 15) is 8.42 Å². The second-order valence-electron chi connectivity index (χ2n) is 2.79. The summed E-state index contributed by atoms with van der Waals surface area (Å²) in [5.41, 5.74) is 0. The van der Waals surface area contributed by atoms with Crippen LogP contribution in [-0.4, -0.2) is 8.42 Å². The molecule has 2 aromatic rings. The van der Waals surface area contributed by atoms with Gasteiger partial charge in [-0.1, -0.05) is 15.9 Å². The highest BCUT2D eigenvalue weighted by Gasteiger charge is 2.11. The lowest BCUT2D eigenvalue weighted by atomic mass is 10.3. The molecule has 0 atom stereocenters. The van der Waals surface area contributed by atoms with Gasteiger partial charge in [-0.15, -0.1) is 11.3 Å². The summed E-state index contributed by atoms with van der Waals surface area (Å²) in [5, 5.41) is 5.91. The van der Waals surface area contributed by atoms with Gasteiger partial charge in [-0.3, -0.25) is 0 Å². The highest BCUT2D eigenvalue weighted by molar-refractivity contribution is 9.10. The Kier molecular flexibility index (Phi) is 2.38. The normalized spacial score (nSPS) is 12.1. The number of nitrogens with two attached hydrogens (primary N) is 1. The zero-order valence-corrected chi connectivity index (χ0v) is 10.1. The molecule has 0 amide bonds. The molecule has 0 aliphatic carbocycles. The number of benzene rings is 1. The standard InChI is InChI=1S/C8H6BrNO2S2/c9-6-1-2-7-5(3-6)4-8(13-7)14(10,11)12/h1-4H,(H2,10,11,12). The number of thiophene rings is 1. The van der Waals surface area contributed by atoms with Crippen molar-refractivity contribution >= 4 is 47.4 Å². The van der Waals surface area contributed by atoms with E-state index in [1.165, 1.54) is 11.3 Å². The minimum absolute atomic E-state index is 0.200. The number of rotatable bonds is 1. The van der Waals surface area contributed by atoms with Crippen molar-refractivity contribution in [2.24, 2.45) is 5.14 Å². The van der Waals surface area contributed by atoms with E-state index in [1.54, 1.807) is 6.07 Å². The number of hydrogen-bond acceptors (Lipinski definition) is 3. The predicted octanol–water partition coefficient (Wildman–Crippen LogP) is 2.31. The van der Waals surface area contributed by atoms with Crippen LogP contribution in [-0.2, 0) is 10.0 Å². The first-order valence-corrected chi connectivity index (χ1v) is 6.84. The van der Waals surface area contributed by atoms with Crippen molar-refractivity contribution in [1.29, 1.82) is 0 Å². The van der Waals surface area contributed by atoms with E-state index < -0.39 is 10.0 Å². The molecule has 0 saturated carbocycles. The van der Waals surface area contributed by atoms with E-state index in [2.05, 4.69) is 15.9 Å². The summed E-state index contributed by atoms with van der Waals surface area (Å²) >= 11 is 4.50. The van der Waals surface area contributed by atoms with Crippen LogP contribution in [0.15, 0.2) is 32.9 Å². The van der Waals surface area contributed by atoms with Crippen molar-refractivity contribution in [2.45, 2.75) is 4.21 Å². The quantitative estimate of drug-likeness (QED) is 0.876. The van der Waals surface area contributed by atoms with Crippen LogP contribution >= 0.6 is 27.3 Å². The van der Waals surface area contributed by atoms with Crippen LogP contribution in [0, 0.1) is 0 Å². The average molecular weight is 292 g/mol. The molecule has 74 valence electrons. The van der Waals surface area contributed by atoms with Crippen LogP contribution in [0.5, 0.6) is 0 Å². The van der Waals surface area contributed by atoms with Crippen LogP contribution in [0.4, 0.5) is 0 Å². The molecule has 6 heteroatoms. The van der Waals surface area contributed by atoms with E-state index >= 15 is 0 Å². The average Bonchev–Trinajstić information content (AvgIpc) is 2.45. The molecule has 0 aliphatic heterocycles. The highest BCUT2D eigenvalue weighted by Crippen LogP contribution is 2.30. The fourth-order valence-electron chi connectivity index (χ4n) is 1.13. The molecule has 0 bridgehead atoms. The predicted molar refractivity (Wildman–Crippen MR) is 60.9 cm³/mol. The second kappa shape index (κ2) is 3.30. The second-order valence-corrected chi connectivity index (χ2v) is 6.58. The van der Waals surface area contributed by atoms with Crippen molar-refractivity contribution in [1.82, 2.24) is 0 Å². The Labute approximate surface area is 93.7 Å². The maximum absolute atomic E-state index is 11.1. The lowest BCUT2D eigenvalue weighted by Gasteiger charge is -1.88. The zero-order chi connectivity index (χ0) is 10.3. The van der Waals surface area contributed by atoms with Gasteiger partial charge in [0.05, 0.1) is 0 Å². The van der Waals surface area contributed by atoms with Gasteiger partial charge in [0.15, 0.2) is 0 Å². The van der Waals surface area contributed by atoms with Crippen molar-refractivity contribution in [3.63, 3.8) is 0 Å². The lowest BCUT2D eigenvalue weighted by molar-refractivity contribution is 0.600. The third-order valence-corrected chi connectivity index (χ3v) is 4.77. The van der Waals surface area contributed by atoms with Gasteiger partial charge in [0.1, 0.15) is 4.21 Å². The Hall–Kier alpha value is -0.430. The van der Waals surface area contributed by atoms with E-state index in [1.807, 2.05) is 18.2 Å². The van der Waals surface area contributed by atoms with Gasteiger partial charge in [-0.25, -0.2) is 13.6 Å². The summed E-state index contributed by atoms with van der Waals surface area (Å²) in [6.45, 7) is 0. The molecule has 1 aromatic heterocycles.